The zero-order valence-corrected chi connectivity index (χ0v) is 17.0. The summed E-state index contributed by atoms with van der Waals surface area (Å²) in [6.07, 6.45) is 1.09. The summed E-state index contributed by atoms with van der Waals surface area (Å²) in [6.45, 7) is 3.57. The summed E-state index contributed by atoms with van der Waals surface area (Å²) < 4.78 is 5.80. The molecule has 1 aromatic carbocycles. The molecule has 128 valence electrons. The summed E-state index contributed by atoms with van der Waals surface area (Å²) in [4.78, 5) is 6.98. The average molecular weight is 455 g/mol. The van der Waals surface area contributed by atoms with Gasteiger partial charge in [0.25, 0.3) is 0 Å². The molecule has 0 radical (unpaired) electrons. The molecule has 2 N–H and O–H groups in total. The summed E-state index contributed by atoms with van der Waals surface area (Å²) in [5.41, 5.74) is 0.915. The Balaban J connectivity index is 0.00000208. The number of para-hydroxylation sites is 1. The lowest BCUT2D eigenvalue weighted by atomic mass is 10.2. The van der Waals surface area contributed by atoms with E-state index in [1.54, 1.807) is 7.05 Å². The van der Waals surface area contributed by atoms with Gasteiger partial charge in [-0.3, -0.25) is 4.99 Å². The number of thiophene rings is 1. The van der Waals surface area contributed by atoms with Crippen molar-refractivity contribution in [3.63, 3.8) is 0 Å². The van der Waals surface area contributed by atoms with E-state index in [9.17, 15) is 0 Å². The van der Waals surface area contributed by atoms with Crippen LogP contribution in [0.25, 0.3) is 11.0 Å². The van der Waals surface area contributed by atoms with Crippen LogP contribution in [0.1, 0.15) is 22.4 Å². The topological polar surface area (TPSA) is 49.6 Å². The Morgan fingerprint density at radius 2 is 1.83 bits per heavy atom. The first kappa shape index (κ1) is 18.8. The molecule has 0 saturated heterocycles. The molecular weight excluding hydrogens is 433 g/mol. The zero-order valence-electron chi connectivity index (χ0n) is 13.8. The number of furan rings is 1. The normalized spacial score (nSPS) is 11.3. The van der Waals surface area contributed by atoms with Crippen LogP contribution in [0.5, 0.6) is 0 Å². The molecule has 0 unspecified atom stereocenters. The molecule has 0 aliphatic rings. The van der Waals surface area contributed by atoms with E-state index >= 15 is 0 Å². The van der Waals surface area contributed by atoms with Crippen molar-refractivity contribution in [1.29, 1.82) is 0 Å². The largest absolute Gasteiger partial charge is 0.459 e. The lowest BCUT2D eigenvalue weighted by Crippen LogP contribution is -2.36. The average Bonchev–Trinajstić information content (AvgIpc) is 3.21. The van der Waals surface area contributed by atoms with Gasteiger partial charge in [0.15, 0.2) is 5.96 Å². The van der Waals surface area contributed by atoms with Crippen LogP contribution in [0.4, 0.5) is 0 Å². The second-order valence-corrected chi connectivity index (χ2v) is 6.50. The summed E-state index contributed by atoms with van der Waals surface area (Å²) in [7, 11) is 1.78. The Kier molecular flexibility index (Phi) is 7.11. The third-order valence-electron chi connectivity index (χ3n) is 3.63. The van der Waals surface area contributed by atoms with Gasteiger partial charge < -0.3 is 15.1 Å². The van der Waals surface area contributed by atoms with E-state index in [4.69, 9.17) is 4.42 Å². The predicted molar refractivity (Wildman–Crippen MR) is 112 cm³/mol. The number of nitrogens with zero attached hydrogens (tertiary/aromatic N) is 1. The van der Waals surface area contributed by atoms with E-state index < -0.39 is 0 Å². The van der Waals surface area contributed by atoms with Crippen LogP contribution in [-0.4, -0.2) is 13.0 Å². The summed E-state index contributed by atoms with van der Waals surface area (Å²) >= 11 is 1.84. The fourth-order valence-electron chi connectivity index (χ4n) is 2.39. The monoisotopic (exact) mass is 455 g/mol. The van der Waals surface area contributed by atoms with Crippen molar-refractivity contribution in [3.05, 3.63) is 58.0 Å². The number of nitrogens with one attached hydrogen (secondary N) is 2. The first-order chi connectivity index (χ1) is 11.3. The highest BCUT2D eigenvalue weighted by atomic mass is 127. The molecule has 0 aliphatic carbocycles. The Hall–Kier alpha value is -1.54. The number of hydrogen-bond acceptors (Lipinski definition) is 3. The van der Waals surface area contributed by atoms with Gasteiger partial charge in [-0.2, -0.15) is 0 Å². The molecule has 24 heavy (non-hydrogen) atoms. The highest BCUT2D eigenvalue weighted by Gasteiger charge is 2.05. The Labute approximate surface area is 163 Å². The van der Waals surface area contributed by atoms with Gasteiger partial charge in [0.2, 0.25) is 0 Å². The van der Waals surface area contributed by atoms with Crippen LogP contribution in [0.2, 0.25) is 0 Å². The van der Waals surface area contributed by atoms with Crippen LogP contribution in [0.15, 0.2) is 51.9 Å². The quantitative estimate of drug-likeness (QED) is 0.338. The van der Waals surface area contributed by atoms with E-state index in [1.165, 1.54) is 9.75 Å². The maximum atomic E-state index is 5.80. The number of fused-ring (bicyclic) bond motifs is 1. The number of rotatable bonds is 5. The Morgan fingerprint density at radius 1 is 1.08 bits per heavy atom. The maximum absolute atomic E-state index is 5.80. The van der Waals surface area contributed by atoms with Crippen molar-refractivity contribution >= 4 is 52.2 Å². The molecule has 0 amide bonds. The van der Waals surface area contributed by atoms with Crippen LogP contribution >= 0.6 is 35.3 Å². The highest BCUT2D eigenvalue weighted by molar-refractivity contribution is 14.0. The van der Waals surface area contributed by atoms with Crippen molar-refractivity contribution in [2.45, 2.75) is 26.4 Å². The molecule has 0 spiro atoms. The summed E-state index contributed by atoms with van der Waals surface area (Å²) in [5, 5.41) is 7.75. The molecule has 0 fully saturated rings. The molecule has 2 aromatic heterocycles. The van der Waals surface area contributed by atoms with E-state index in [2.05, 4.69) is 46.8 Å². The van der Waals surface area contributed by atoms with Gasteiger partial charge in [-0.15, -0.1) is 35.3 Å². The van der Waals surface area contributed by atoms with Crippen molar-refractivity contribution in [1.82, 2.24) is 10.6 Å². The van der Waals surface area contributed by atoms with Crippen LogP contribution in [0.3, 0.4) is 0 Å². The van der Waals surface area contributed by atoms with Crippen molar-refractivity contribution < 1.29 is 4.42 Å². The van der Waals surface area contributed by atoms with Gasteiger partial charge in [0.05, 0.1) is 13.1 Å². The lowest BCUT2D eigenvalue weighted by molar-refractivity contribution is 0.538. The van der Waals surface area contributed by atoms with Crippen LogP contribution in [0, 0.1) is 0 Å². The number of benzene rings is 1. The van der Waals surface area contributed by atoms with Crippen molar-refractivity contribution in [2.75, 3.05) is 7.05 Å². The first-order valence-corrected chi connectivity index (χ1v) is 8.59. The van der Waals surface area contributed by atoms with E-state index in [0.717, 1.165) is 35.7 Å². The molecule has 4 nitrogen and oxygen atoms in total. The minimum Gasteiger partial charge on any atom is -0.459 e. The first-order valence-electron chi connectivity index (χ1n) is 7.78. The molecule has 0 atom stereocenters. The molecule has 0 saturated carbocycles. The third kappa shape index (κ3) is 4.73. The Morgan fingerprint density at radius 3 is 2.54 bits per heavy atom. The van der Waals surface area contributed by atoms with Gasteiger partial charge in [0.1, 0.15) is 11.3 Å². The van der Waals surface area contributed by atoms with Crippen LogP contribution in [-0.2, 0) is 19.5 Å². The second kappa shape index (κ2) is 9.08. The fraction of sp³-hybridized carbons (Fsp3) is 0.278. The Bertz CT molecular complexity index is 776. The standard InChI is InChI=1S/C18H21N3OS.HI/c1-3-15-8-9-16(23-15)12-21-18(19-2)20-11-14-10-13-6-4-5-7-17(13)22-14;/h4-10H,3,11-12H2,1-2H3,(H2,19,20,21);1H. The molecule has 3 rings (SSSR count). The minimum absolute atomic E-state index is 0. The zero-order chi connectivity index (χ0) is 16.1. The molecule has 2 heterocycles. The van der Waals surface area contributed by atoms with Gasteiger partial charge in [-0.05, 0) is 30.7 Å². The van der Waals surface area contributed by atoms with Gasteiger partial charge in [0, 0.05) is 22.2 Å². The predicted octanol–water partition coefficient (Wildman–Crippen LogP) is 4.54. The number of halogens is 1. The van der Waals surface area contributed by atoms with Gasteiger partial charge in [-0.1, -0.05) is 25.1 Å². The molecule has 0 aliphatic heterocycles. The number of guanidine groups is 1. The van der Waals surface area contributed by atoms with Gasteiger partial charge >= 0.3 is 0 Å². The van der Waals surface area contributed by atoms with E-state index in [-0.39, 0.29) is 24.0 Å². The van der Waals surface area contributed by atoms with Crippen molar-refractivity contribution in [2.24, 2.45) is 4.99 Å². The molecule has 3 aromatic rings. The number of aryl methyl sites for hydroxylation is 1. The van der Waals surface area contributed by atoms with Gasteiger partial charge in [-0.25, -0.2) is 0 Å². The molecule has 0 bridgehead atoms. The minimum atomic E-state index is 0. The maximum Gasteiger partial charge on any atom is 0.191 e. The third-order valence-corrected chi connectivity index (χ3v) is 4.86. The smallest absolute Gasteiger partial charge is 0.191 e. The van der Waals surface area contributed by atoms with Crippen LogP contribution < -0.4 is 10.6 Å². The van der Waals surface area contributed by atoms with E-state index in [1.807, 2.05) is 29.5 Å². The highest BCUT2D eigenvalue weighted by Crippen LogP contribution is 2.18. The number of aliphatic imine (C=N–C) groups is 1. The second-order valence-electron chi connectivity index (χ2n) is 5.25. The number of hydrogen-bond donors (Lipinski definition) is 2. The van der Waals surface area contributed by atoms with E-state index in [0.29, 0.717) is 6.54 Å². The summed E-state index contributed by atoms with van der Waals surface area (Å²) in [6, 6.07) is 14.4. The van der Waals surface area contributed by atoms with Crippen molar-refractivity contribution in [3.8, 4) is 0 Å². The summed E-state index contributed by atoms with van der Waals surface area (Å²) in [5.74, 6) is 1.68. The molecule has 6 heteroatoms. The fourth-order valence-corrected chi connectivity index (χ4v) is 3.29. The SMILES string of the molecule is CCc1ccc(CNC(=NC)NCc2cc3ccccc3o2)s1.I. The lowest BCUT2D eigenvalue weighted by Gasteiger charge is -2.09. The molecular formula is C18H22IN3OS.